The van der Waals surface area contributed by atoms with Crippen LogP contribution in [0.1, 0.15) is 36.4 Å². The summed E-state index contributed by atoms with van der Waals surface area (Å²) in [5, 5.41) is 0. The summed E-state index contributed by atoms with van der Waals surface area (Å²) in [6.45, 7) is 8.28. The first-order valence-corrected chi connectivity index (χ1v) is 12.2. The first kappa shape index (κ1) is 23.4. The van der Waals surface area contributed by atoms with Crippen molar-refractivity contribution in [2.24, 2.45) is 17.0 Å². The first-order valence-electron chi connectivity index (χ1n) is 9.12. The van der Waals surface area contributed by atoms with Crippen molar-refractivity contribution in [1.82, 2.24) is 4.57 Å². The monoisotopic (exact) mass is 469 g/mol. The molecule has 0 radical (unpaired) electrons. The van der Waals surface area contributed by atoms with Crippen molar-refractivity contribution in [2.45, 2.75) is 27.7 Å². The number of nitrogens with zero attached hydrogens (tertiary/aromatic N) is 3. The molecule has 0 atom stereocenters. The van der Waals surface area contributed by atoms with Gasteiger partial charge in [0.05, 0.1) is 34.2 Å². The fourth-order valence-corrected chi connectivity index (χ4v) is 3.09. The van der Waals surface area contributed by atoms with Crippen LogP contribution >= 0.6 is 20.2 Å². The van der Waals surface area contributed by atoms with Crippen molar-refractivity contribution in [3.8, 4) is 0 Å². The van der Waals surface area contributed by atoms with E-state index in [9.17, 15) is 0 Å². The molecule has 29 heavy (non-hydrogen) atoms. The van der Waals surface area contributed by atoms with E-state index in [2.05, 4.69) is 63.6 Å². The summed E-state index contributed by atoms with van der Waals surface area (Å²) >= 11 is 0.194. The van der Waals surface area contributed by atoms with Gasteiger partial charge in [0.1, 0.15) is 0 Å². The summed E-state index contributed by atoms with van der Waals surface area (Å²) in [6.07, 6.45) is 0. The van der Waals surface area contributed by atoms with E-state index in [1.54, 1.807) is 0 Å². The molecule has 0 fully saturated rings. The Morgan fingerprint density at radius 3 is 1.41 bits per heavy atom. The molecule has 0 saturated carbocycles. The number of benzene rings is 2. The number of hydrogen-bond donors (Lipinski definition) is 0. The quantitative estimate of drug-likeness (QED) is 0.283. The van der Waals surface area contributed by atoms with E-state index in [1.165, 1.54) is 11.1 Å². The molecule has 0 saturated heterocycles. The zero-order chi connectivity index (χ0) is 21.4. The minimum absolute atomic E-state index is 0.194. The van der Waals surface area contributed by atoms with Gasteiger partial charge in [-0.3, -0.25) is 9.98 Å². The molecule has 1 heterocycles. The zero-order valence-corrected chi connectivity index (χ0v) is 19.8. The van der Waals surface area contributed by atoms with Gasteiger partial charge in [-0.2, -0.15) is 0 Å². The standard InChI is InChI=1S/C23H25N3.2ClH.Fe/c1-16-10-6-8-12-20(16)24-18(3)22-14-15-23(26(22)5)19(4)25-21-13-9-7-11-17(21)2;;;/h6-15H,1-5H3;2*1H;/q;;;+2/p-2. The third-order valence-corrected chi connectivity index (χ3v) is 4.67. The molecule has 2 aromatic carbocycles. The summed E-state index contributed by atoms with van der Waals surface area (Å²) < 4.78 is 2.16. The maximum atomic E-state index is 4.82. The van der Waals surface area contributed by atoms with Crippen LogP contribution in [0, 0.1) is 13.8 Å². The van der Waals surface area contributed by atoms with Gasteiger partial charge in [0.25, 0.3) is 0 Å². The van der Waals surface area contributed by atoms with Crippen molar-refractivity contribution in [3.63, 3.8) is 0 Å². The normalized spacial score (nSPS) is 12.0. The number of halogens is 2. The molecule has 0 aliphatic heterocycles. The Balaban J connectivity index is 0.000000941. The van der Waals surface area contributed by atoms with E-state index in [4.69, 9.17) is 30.2 Å². The van der Waals surface area contributed by atoms with E-state index in [-0.39, 0.29) is 13.1 Å². The van der Waals surface area contributed by atoms with Crippen LogP contribution in [0.5, 0.6) is 0 Å². The summed E-state index contributed by atoms with van der Waals surface area (Å²) in [7, 11) is 11.6. The molecule has 3 rings (SSSR count). The molecule has 1 aromatic heterocycles. The fraction of sp³-hybridized carbons (Fsp3) is 0.217. The van der Waals surface area contributed by atoms with Crippen LogP contribution in [0.2, 0.25) is 0 Å². The Kier molecular flexibility index (Phi) is 9.19. The van der Waals surface area contributed by atoms with Gasteiger partial charge >= 0.3 is 33.3 Å². The third-order valence-electron chi connectivity index (χ3n) is 4.67. The van der Waals surface area contributed by atoms with Gasteiger partial charge in [-0.05, 0) is 63.1 Å². The Morgan fingerprint density at radius 2 is 1.07 bits per heavy atom. The van der Waals surface area contributed by atoms with Gasteiger partial charge < -0.3 is 4.57 Å². The van der Waals surface area contributed by atoms with Crippen molar-refractivity contribution in [3.05, 3.63) is 83.2 Å². The molecule has 0 bridgehead atoms. The van der Waals surface area contributed by atoms with Crippen LogP contribution in [0.25, 0.3) is 0 Å². The second kappa shape index (κ2) is 11.4. The van der Waals surface area contributed by atoms with Crippen molar-refractivity contribution in [2.75, 3.05) is 0 Å². The third kappa shape index (κ3) is 6.32. The van der Waals surface area contributed by atoms with Gasteiger partial charge in [-0.15, -0.1) is 0 Å². The average Bonchev–Trinajstić information content (AvgIpc) is 3.08. The van der Waals surface area contributed by atoms with Crippen LogP contribution in [0.15, 0.2) is 70.6 Å². The van der Waals surface area contributed by atoms with E-state index in [0.29, 0.717) is 0 Å². The second-order valence-electron chi connectivity index (χ2n) is 6.68. The number of hydrogen-bond acceptors (Lipinski definition) is 2. The summed E-state index contributed by atoms with van der Waals surface area (Å²) in [4.78, 5) is 9.63. The maximum absolute atomic E-state index is 4.82. The molecule has 0 aliphatic rings. The Morgan fingerprint density at radius 1 is 0.724 bits per heavy atom. The predicted molar refractivity (Wildman–Crippen MR) is 123 cm³/mol. The van der Waals surface area contributed by atoms with Crippen molar-refractivity contribution >= 4 is 43.0 Å². The summed E-state index contributed by atoms with van der Waals surface area (Å²) in [6, 6.07) is 20.6. The number of aromatic nitrogens is 1. The number of aryl methyl sites for hydroxylation is 2. The van der Waals surface area contributed by atoms with Gasteiger partial charge in [0.15, 0.2) is 0 Å². The second-order valence-corrected chi connectivity index (χ2v) is 8.50. The zero-order valence-electron chi connectivity index (χ0n) is 17.2. The summed E-state index contributed by atoms with van der Waals surface area (Å²) in [5.41, 5.74) is 8.58. The Hall–Kier alpha value is -1.84. The van der Waals surface area contributed by atoms with Crippen LogP contribution in [-0.2, 0) is 20.2 Å². The molecule has 6 heteroatoms. The molecule has 0 unspecified atom stereocenters. The molecule has 0 aliphatic carbocycles. The van der Waals surface area contributed by atoms with Crippen molar-refractivity contribution < 1.29 is 13.1 Å². The first-order chi connectivity index (χ1) is 13.9. The molecule has 0 N–H and O–H groups in total. The van der Waals surface area contributed by atoms with Crippen LogP contribution in [0.4, 0.5) is 11.4 Å². The molecule has 3 nitrogen and oxygen atoms in total. The Bertz CT molecular complexity index is 943. The van der Waals surface area contributed by atoms with Crippen LogP contribution in [0.3, 0.4) is 0 Å². The fourth-order valence-electron chi connectivity index (χ4n) is 3.09. The molecular formula is C23H25Cl2FeN3. The van der Waals surface area contributed by atoms with Gasteiger partial charge in [-0.25, -0.2) is 0 Å². The average molecular weight is 470 g/mol. The number of para-hydroxylation sites is 2. The van der Waals surface area contributed by atoms with Crippen molar-refractivity contribution in [1.29, 1.82) is 0 Å². The topological polar surface area (TPSA) is 29.6 Å². The SMILES string of the molecule is CC(=Nc1ccccc1C)c1ccc(C(C)=Nc2ccccc2C)n1C.[Cl][Fe][Cl]. The number of rotatable bonds is 4. The van der Waals surface area contributed by atoms with E-state index >= 15 is 0 Å². The van der Waals surface area contributed by atoms with Gasteiger partial charge in [0, 0.05) is 7.05 Å². The molecular weight excluding hydrogens is 445 g/mol. The van der Waals surface area contributed by atoms with Crippen LogP contribution < -0.4 is 0 Å². The van der Waals surface area contributed by atoms with Crippen LogP contribution in [-0.4, -0.2) is 16.0 Å². The van der Waals surface area contributed by atoms with Gasteiger partial charge in [0.2, 0.25) is 0 Å². The van der Waals surface area contributed by atoms with E-state index in [1.807, 2.05) is 36.4 Å². The van der Waals surface area contributed by atoms with E-state index < -0.39 is 0 Å². The number of aliphatic imine (C=N–C) groups is 2. The molecule has 3 aromatic rings. The molecule has 0 spiro atoms. The summed E-state index contributed by atoms with van der Waals surface area (Å²) in [5.74, 6) is 0. The Labute approximate surface area is 188 Å². The minimum atomic E-state index is 0.194. The predicted octanol–water partition coefficient (Wildman–Crippen LogP) is 7.30. The van der Waals surface area contributed by atoms with E-state index in [0.717, 1.165) is 34.2 Å². The van der Waals surface area contributed by atoms with Gasteiger partial charge in [-0.1, -0.05) is 36.4 Å². The molecule has 154 valence electrons. The molecule has 0 amide bonds.